The third-order valence-corrected chi connectivity index (χ3v) is 5.46. The predicted molar refractivity (Wildman–Crippen MR) is 112 cm³/mol. The van der Waals surface area contributed by atoms with E-state index in [1.165, 1.54) is 12.3 Å². The number of ether oxygens (including phenoxy) is 2. The molecule has 4 amide bonds. The first-order valence-corrected chi connectivity index (χ1v) is 9.92. The number of nitrogens with one attached hydrogen (secondary N) is 1. The van der Waals surface area contributed by atoms with Gasteiger partial charge in [0.1, 0.15) is 11.3 Å². The maximum absolute atomic E-state index is 13.0. The van der Waals surface area contributed by atoms with Crippen LogP contribution < -0.4 is 14.8 Å². The summed E-state index contributed by atoms with van der Waals surface area (Å²) in [7, 11) is 0. The minimum absolute atomic E-state index is 0.0709. The van der Waals surface area contributed by atoms with E-state index in [4.69, 9.17) is 13.9 Å². The lowest BCUT2D eigenvalue weighted by Gasteiger charge is -2.25. The summed E-state index contributed by atoms with van der Waals surface area (Å²) in [6.07, 6.45) is 2.96. The SMILES string of the molecule is Cc1cc(/C=C2\C(=O)NC(=O)N(Cc3ccco3)C2=O)c(C)n1-c1ccc2c(c1)OCO2. The second kappa shape index (κ2) is 7.45. The summed E-state index contributed by atoms with van der Waals surface area (Å²) >= 11 is 0. The van der Waals surface area contributed by atoms with Gasteiger partial charge in [0.25, 0.3) is 11.8 Å². The number of furan rings is 1. The fraction of sp³-hybridized carbons (Fsp3) is 0.174. The summed E-state index contributed by atoms with van der Waals surface area (Å²) in [5.41, 5.74) is 3.15. The van der Waals surface area contributed by atoms with Crippen LogP contribution in [0.4, 0.5) is 4.79 Å². The minimum atomic E-state index is -0.778. The Morgan fingerprint density at radius 2 is 1.88 bits per heavy atom. The van der Waals surface area contributed by atoms with Crippen molar-refractivity contribution in [3.8, 4) is 17.2 Å². The van der Waals surface area contributed by atoms with E-state index in [-0.39, 0.29) is 18.9 Å². The van der Waals surface area contributed by atoms with Gasteiger partial charge in [-0.15, -0.1) is 0 Å². The molecule has 0 bridgehead atoms. The molecule has 1 N–H and O–H groups in total. The van der Waals surface area contributed by atoms with Crippen molar-refractivity contribution in [3.05, 3.63) is 70.9 Å². The van der Waals surface area contributed by atoms with Crippen LogP contribution in [0.2, 0.25) is 0 Å². The molecule has 0 radical (unpaired) electrons. The average Bonchev–Trinajstić information content (AvgIpc) is 3.49. The number of benzene rings is 1. The summed E-state index contributed by atoms with van der Waals surface area (Å²) in [5.74, 6) is 0.364. The molecule has 5 rings (SSSR count). The zero-order valence-corrected chi connectivity index (χ0v) is 17.4. The van der Waals surface area contributed by atoms with Gasteiger partial charge in [0.15, 0.2) is 11.5 Å². The molecular formula is C23H19N3O6. The van der Waals surface area contributed by atoms with Gasteiger partial charge in [-0.3, -0.25) is 19.8 Å². The molecule has 32 heavy (non-hydrogen) atoms. The Morgan fingerprint density at radius 3 is 2.66 bits per heavy atom. The van der Waals surface area contributed by atoms with Crippen LogP contribution >= 0.6 is 0 Å². The lowest BCUT2D eigenvalue weighted by Crippen LogP contribution is -2.53. The number of amides is 4. The zero-order chi connectivity index (χ0) is 22.4. The number of aryl methyl sites for hydroxylation is 1. The summed E-state index contributed by atoms with van der Waals surface area (Å²) < 4.78 is 18.1. The number of carbonyl (C=O) groups is 3. The summed E-state index contributed by atoms with van der Waals surface area (Å²) in [6.45, 7) is 3.93. The third kappa shape index (κ3) is 3.24. The lowest BCUT2D eigenvalue weighted by atomic mass is 10.1. The first-order chi connectivity index (χ1) is 15.4. The Hall–Kier alpha value is -4.27. The van der Waals surface area contributed by atoms with E-state index >= 15 is 0 Å². The Morgan fingerprint density at radius 1 is 1.06 bits per heavy atom. The third-order valence-electron chi connectivity index (χ3n) is 5.46. The molecule has 2 aliphatic rings. The normalized spacial score (nSPS) is 16.8. The standard InChI is InChI=1S/C23H19N3O6/c1-13-8-15(14(2)26(13)16-5-6-19-20(10-16)32-12-31-19)9-18-21(27)24-23(29)25(22(18)28)11-17-4-3-7-30-17/h3-10H,11-12H2,1-2H3,(H,24,27,29)/b18-9+. The molecule has 1 aromatic carbocycles. The van der Waals surface area contributed by atoms with Crippen molar-refractivity contribution in [1.82, 2.24) is 14.8 Å². The number of nitrogens with zero attached hydrogens (tertiary/aromatic N) is 2. The molecule has 162 valence electrons. The monoisotopic (exact) mass is 433 g/mol. The van der Waals surface area contributed by atoms with Crippen LogP contribution in [0.25, 0.3) is 11.8 Å². The summed E-state index contributed by atoms with van der Waals surface area (Å²) in [4.78, 5) is 38.6. The van der Waals surface area contributed by atoms with E-state index in [9.17, 15) is 14.4 Å². The molecule has 0 spiro atoms. The van der Waals surface area contributed by atoms with Crippen molar-refractivity contribution in [2.24, 2.45) is 0 Å². The smallest absolute Gasteiger partial charge is 0.331 e. The fourth-order valence-electron chi connectivity index (χ4n) is 3.91. The zero-order valence-electron chi connectivity index (χ0n) is 17.4. The molecule has 2 aliphatic heterocycles. The van der Waals surface area contributed by atoms with Gasteiger partial charge < -0.3 is 18.5 Å². The maximum atomic E-state index is 13.0. The highest BCUT2D eigenvalue weighted by Gasteiger charge is 2.36. The highest BCUT2D eigenvalue weighted by molar-refractivity contribution is 6.31. The second-order valence-corrected chi connectivity index (χ2v) is 7.49. The van der Waals surface area contributed by atoms with Crippen molar-refractivity contribution in [2.75, 3.05) is 6.79 Å². The second-order valence-electron chi connectivity index (χ2n) is 7.49. The van der Waals surface area contributed by atoms with Crippen LogP contribution in [-0.2, 0) is 16.1 Å². The van der Waals surface area contributed by atoms with Gasteiger partial charge in [-0.05, 0) is 55.8 Å². The fourth-order valence-corrected chi connectivity index (χ4v) is 3.91. The molecule has 0 unspecified atom stereocenters. The molecular weight excluding hydrogens is 414 g/mol. The molecule has 9 nitrogen and oxygen atoms in total. The maximum Gasteiger partial charge on any atom is 0.331 e. The van der Waals surface area contributed by atoms with E-state index in [0.717, 1.165) is 22.0 Å². The Labute approximate surface area is 182 Å². The highest BCUT2D eigenvalue weighted by atomic mass is 16.7. The van der Waals surface area contributed by atoms with Crippen molar-refractivity contribution < 1.29 is 28.3 Å². The predicted octanol–water partition coefficient (Wildman–Crippen LogP) is 3.08. The van der Waals surface area contributed by atoms with Crippen LogP contribution in [0, 0.1) is 13.8 Å². The number of fused-ring (bicyclic) bond motifs is 1. The van der Waals surface area contributed by atoms with Crippen LogP contribution in [0.5, 0.6) is 11.5 Å². The highest BCUT2D eigenvalue weighted by Crippen LogP contribution is 2.35. The number of urea groups is 1. The first kappa shape index (κ1) is 19.7. The van der Waals surface area contributed by atoms with Crippen LogP contribution in [-0.4, -0.2) is 34.1 Å². The van der Waals surface area contributed by atoms with Crippen molar-refractivity contribution in [1.29, 1.82) is 0 Å². The minimum Gasteiger partial charge on any atom is -0.467 e. The molecule has 1 fully saturated rings. The van der Waals surface area contributed by atoms with E-state index in [0.29, 0.717) is 22.8 Å². The van der Waals surface area contributed by atoms with E-state index in [1.54, 1.807) is 12.1 Å². The number of aromatic nitrogens is 1. The van der Waals surface area contributed by atoms with E-state index in [1.807, 2.05) is 42.7 Å². The largest absolute Gasteiger partial charge is 0.467 e. The number of barbiturate groups is 1. The van der Waals surface area contributed by atoms with E-state index < -0.39 is 17.8 Å². The molecule has 0 saturated carbocycles. The summed E-state index contributed by atoms with van der Waals surface area (Å²) in [6, 6.07) is 10.0. The van der Waals surface area contributed by atoms with Crippen LogP contribution in [0.15, 0.2) is 52.7 Å². The van der Waals surface area contributed by atoms with Crippen molar-refractivity contribution >= 4 is 23.9 Å². The molecule has 9 heteroatoms. The number of carbonyl (C=O) groups excluding carboxylic acids is 3. The van der Waals surface area contributed by atoms with Gasteiger partial charge in [0.05, 0.1) is 12.8 Å². The molecule has 1 saturated heterocycles. The summed E-state index contributed by atoms with van der Waals surface area (Å²) in [5, 5.41) is 2.22. The van der Waals surface area contributed by atoms with Gasteiger partial charge in [-0.25, -0.2) is 4.79 Å². The lowest BCUT2D eigenvalue weighted by molar-refractivity contribution is -0.130. The van der Waals surface area contributed by atoms with Crippen LogP contribution in [0.3, 0.4) is 0 Å². The number of hydrogen-bond acceptors (Lipinski definition) is 6. The van der Waals surface area contributed by atoms with Gasteiger partial charge in [0, 0.05) is 23.1 Å². The van der Waals surface area contributed by atoms with Crippen LogP contribution in [0.1, 0.15) is 22.7 Å². The van der Waals surface area contributed by atoms with Gasteiger partial charge in [0.2, 0.25) is 6.79 Å². The Balaban J connectivity index is 1.50. The van der Waals surface area contributed by atoms with Crippen molar-refractivity contribution in [3.63, 3.8) is 0 Å². The Kier molecular flexibility index (Phi) is 4.58. The Bertz CT molecular complexity index is 1290. The average molecular weight is 433 g/mol. The topological polar surface area (TPSA) is 103 Å². The molecule has 2 aromatic heterocycles. The molecule has 3 aromatic rings. The number of rotatable bonds is 4. The molecule has 0 atom stereocenters. The first-order valence-electron chi connectivity index (χ1n) is 9.92. The molecule has 4 heterocycles. The molecule has 0 aliphatic carbocycles. The number of hydrogen-bond donors (Lipinski definition) is 1. The number of imide groups is 2. The quantitative estimate of drug-likeness (QED) is 0.501. The van der Waals surface area contributed by atoms with Gasteiger partial charge >= 0.3 is 6.03 Å². The van der Waals surface area contributed by atoms with E-state index in [2.05, 4.69) is 5.32 Å². The van der Waals surface area contributed by atoms with Crippen molar-refractivity contribution in [2.45, 2.75) is 20.4 Å². The van der Waals surface area contributed by atoms with Gasteiger partial charge in [-0.2, -0.15) is 0 Å². The van der Waals surface area contributed by atoms with Gasteiger partial charge in [-0.1, -0.05) is 0 Å².